The van der Waals surface area contributed by atoms with Crippen LogP contribution >= 0.6 is 11.8 Å². The van der Waals surface area contributed by atoms with E-state index in [0.717, 1.165) is 31.5 Å². The van der Waals surface area contributed by atoms with E-state index in [9.17, 15) is 19.2 Å². The maximum Gasteiger partial charge on any atom is 0.319 e. The van der Waals surface area contributed by atoms with E-state index in [2.05, 4.69) is 24.5 Å². The molecule has 0 unspecified atom stereocenters. The summed E-state index contributed by atoms with van der Waals surface area (Å²) in [5, 5.41) is 5.36. The lowest BCUT2D eigenvalue weighted by molar-refractivity contribution is -0.131. The zero-order valence-corrected chi connectivity index (χ0v) is 26.7. The number of anilines is 3. The quantitative estimate of drug-likeness (QED) is 0.291. The number of hydrogen-bond donors (Lipinski definition) is 2. The molecule has 1 aliphatic rings. The first-order valence-electron chi connectivity index (χ1n) is 14.8. The van der Waals surface area contributed by atoms with E-state index < -0.39 is 11.9 Å². The van der Waals surface area contributed by atoms with Crippen LogP contribution in [0.4, 0.5) is 21.9 Å². The van der Waals surface area contributed by atoms with Gasteiger partial charge in [-0.05, 0) is 67.1 Å². The van der Waals surface area contributed by atoms with Crippen molar-refractivity contribution < 1.29 is 19.2 Å². The summed E-state index contributed by atoms with van der Waals surface area (Å²) in [7, 11) is 1.66. The lowest BCUT2D eigenvalue weighted by Gasteiger charge is -2.38. The summed E-state index contributed by atoms with van der Waals surface area (Å²) in [6, 6.07) is 23.2. The normalized spacial score (nSPS) is 14.0. The maximum absolute atomic E-state index is 13.7. The number of likely N-dealkylation sites (N-methyl/N-ethyl adjacent to an activating group) is 1. The smallest absolute Gasteiger partial charge is 0.319 e. The number of amides is 5. The molecule has 0 atom stereocenters. The number of nitrogens with zero attached hydrogens (tertiary/aromatic N) is 3. The Kier molecular flexibility index (Phi) is 11.1. The van der Waals surface area contributed by atoms with Gasteiger partial charge in [-0.15, -0.1) is 11.8 Å². The number of piperidine rings is 1. The molecule has 44 heavy (non-hydrogen) atoms. The Bertz CT molecular complexity index is 1480. The van der Waals surface area contributed by atoms with E-state index in [0.29, 0.717) is 22.0 Å². The second-order valence-electron chi connectivity index (χ2n) is 11.8. The van der Waals surface area contributed by atoms with Crippen molar-refractivity contribution in [3.8, 4) is 0 Å². The number of hydrogen-bond acceptors (Lipinski definition) is 5. The molecule has 0 aromatic heterocycles. The summed E-state index contributed by atoms with van der Waals surface area (Å²) in [5.41, 5.74) is 2.88. The third-order valence-electron chi connectivity index (χ3n) is 7.55. The van der Waals surface area contributed by atoms with Crippen LogP contribution in [0.15, 0.2) is 83.8 Å². The summed E-state index contributed by atoms with van der Waals surface area (Å²) < 4.78 is 0. The van der Waals surface area contributed by atoms with Crippen LogP contribution in [0.25, 0.3) is 0 Å². The number of urea groups is 1. The van der Waals surface area contributed by atoms with Crippen LogP contribution in [0.2, 0.25) is 0 Å². The van der Waals surface area contributed by atoms with Crippen molar-refractivity contribution in [3.05, 3.63) is 84.4 Å². The van der Waals surface area contributed by atoms with E-state index >= 15 is 0 Å². The second kappa shape index (κ2) is 14.9. The fraction of sp³-hybridized carbons (Fsp3) is 0.353. The maximum atomic E-state index is 13.7. The minimum atomic E-state index is -0.533. The van der Waals surface area contributed by atoms with Crippen LogP contribution in [-0.2, 0) is 14.4 Å². The largest absolute Gasteiger partial charge is 0.341 e. The Morgan fingerprint density at radius 2 is 1.66 bits per heavy atom. The summed E-state index contributed by atoms with van der Waals surface area (Å²) in [5.74, 6) is -0.509. The average molecular weight is 616 g/mol. The molecule has 4 rings (SSSR count). The summed E-state index contributed by atoms with van der Waals surface area (Å²) >= 11 is 1.34. The molecule has 10 heteroatoms. The molecule has 2 N–H and O–H groups in total. The third-order valence-corrected chi connectivity index (χ3v) is 8.60. The summed E-state index contributed by atoms with van der Waals surface area (Å²) in [6.45, 7) is 7.15. The van der Waals surface area contributed by atoms with Crippen molar-refractivity contribution in [2.75, 3.05) is 54.1 Å². The second-order valence-corrected chi connectivity index (χ2v) is 12.8. The number of carbonyl (C=O) groups is 4. The number of nitrogens with one attached hydrogen (secondary N) is 2. The van der Waals surface area contributed by atoms with Crippen molar-refractivity contribution in [1.82, 2.24) is 10.2 Å². The SMILES string of the molecule is Cc1cccc(NC(=O)NCC(=O)N(CC(=O)N(C)c2ccccc2)c2ccccc2SCC(=O)N2CCCC(C)(C)C2)c1. The molecule has 1 fully saturated rings. The number of benzene rings is 3. The van der Waals surface area contributed by atoms with Gasteiger partial charge in [0.25, 0.3) is 0 Å². The summed E-state index contributed by atoms with van der Waals surface area (Å²) in [4.78, 5) is 58.4. The van der Waals surface area contributed by atoms with Gasteiger partial charge in [-0.2, -0.15) is 0 Å². The van der Waals surface area contributed by atoms with Gasteiger partial charge < -0.3 is 25.3 Å². The van der Waals surface area contributed by atoms with Crippen LogP contribution in [0.1, 0.15) is 32.3 Å². The van der Waals surface area contributed by atoms with E-state index in [4.69, 9.17) is 0 Å². The topological polar surface area (TPSA) is 102 Å². The summed E-state index contributed by atoms with van der Waals surface area (Å²) in [6.07, 6.45) is 2.07. The van der Waals surface area contributed by atoms with E-state index in [1.165, 1.54) is 21.6 Å². The Morgan fingerprint density at radius 1 is 0.932 bits per heavy atom. The first-order valence-corrected chi connectivity index (χ1v) is 15.7. The highest BCUT2D eigenvalue weighted by atomic mass is 32.2. The van der Waals surface area contributed by atoms with Crippen LogP contribution < -0.4 is 20.4 Å². The van der Waals surface area contributed by atoms with E-state index in [-0.39, 0.29) is 36.1 Å². The Morgan fingerprint density at radius 3 is 2.39 bits per heavy atom. The van der Waals surface area contributed by atoms with Crippen LogP contribution in [0.5, 0.6) is 0 Å². The molecule has 232 valence electrons. The highest BCUT2D eigenvalue weighted by Crippen LogP contribution is 2.33. The molecule has 1 saturated heterocycles. The predicted octanol–water partition coefficient (Wildman–Crippen LogP) is 5.55. The lowest BCUT2D eigenvalue weighted by atomic mass is 9.84. The van der Waals surface area contributed by atoms with Crippen molar-refractivity contribution in [3.63, 3.8) is 0 Å². The molecule has 0 saturated carbocycles. The van der Waals surface area contributed by atoms with Gasteiger partial charge >= 0.3 is 6.03 Å². The lowest BCUT2D eigenvalue weighted by Crippen LogP contribution is -2.46. The number of para-hydroxylation sites is 2. The standard InChI is InChI=1S/C34H41N5O4S/c1-25-12-10-13-26(20-25)36-33(43)35-21-30(40)39(22-31(41)37(4)27-14-6-5-7-15-27)28-16-8-9-17-29(28)44-23-32(42)38-19-11-18-34(2,3)24-38/h5-10,12-17,20H,11,18-19,21-24H2,1-4H3,(H2,35,36,43). The first-order chi connectivity index (χ1) is 21.0. The van der Waals surface area contributed by atoms with Crippen LogP contribution in [0.3, 0.4) is 0 Å². The van der Waals surface area contributed by atoms with E-state index in [1.807, 2.05) is 72.5 Å². The highest BCUT2D eigenvalue weighted by molar-refractivity contribution is 8.00. The van der Waals surface area contributed by atoms with Gasteiger partial charge in [0.2, 0.25) is 17.7 Å². The van der Waals surface area contributed by atoms with Gasteiger partial charge in [0.15, 0.2) is 0 Å². The highest BCUT2D eigenvalue weighted by Gasteiger charge is 2.30. The minimum absolute atomic E-state index is 0.0461. The zero-order chi connectivity index (χ0) is 31.7. The predicted molar refractivity (Wildman–Crippen MR) is 177 cm³/mol. The van der Waals surface area contributed by atoms with Crippen LogP contribution in [0, 0.1) is 12.3 Å². The molecule has 3 aromatic carbocycles. The van der Waals surface area contributed by atoms with E-state index in [1.54, 1.807) is 25.2 Å². The molecule has 0 spiro atoms. The number of thioether (sulfide) groups is 1. The fourth-order valence-corrected chi connectivity index (χ4v) is 6.13. The van der Waals surface area contributed by atoms with Crippen molar-refractivity contribution in [2.24, 2.45) is 5.41 Å². The molecule has 0 bridgehead atoms. The van der Waals surface area contributed by atoms with Crippen LogP contribution in [-0.4, -0.2) is 67.6 Å². The Balaban J connectivity index is 1.51. The number of carbonyl (C=O) groups excluding carboxylic acids is 4. The van der Waals surface area contributed by atoms with Crippen molar-refractivity contribution >= 4 is 52.6 Å². The minimum Gasteiger partial charge on any atom is -0.341 e. The molecular weight excluding hydrogens is 574 g/mol. The molecule has 1 aliphatic heterocycles. The van der Waals surface area contributed by atoms with Gasteiger partial charge in [-0.25, -0.2) is 4.79 Å². The fourth-order valence-electron chi connectivity index (χ4n) is 5.16. The third kappa shape index (κ3) is 9.09. The molecule has 9 nitrogen and oxygen atoms in total. The first kappa shape index (κ1) is 32.6. The number of rotatable bonds is 10. The molecule has 0 radical (unpaired) electrons. The van der Waals surface area contributed by atoms with Crippen molar-refractivity contribution in [2.45, 2.75) is 38.5 Å². The molecular formula is C34H41N5O4S. The van der Waals surface area contributed by atoms with Crippen molar-refractivity contribution in [1.29, 1.82) is 0 Å². The zero-order valence-electron chi connectivity index (χ0n) is 25.8. The van der Waals surface area contributed by atoms with Gasteiger partial charge in [0, 0.05) is 36.4 Å². The Labute approximate surface area is 264 Å². The van der Waals surface area contributed by atoms with Gasteiger partial charge in [0.05, 0.1) is 18.0 Å². The van der Waals surface area contributed by atoms with Gasteiger partial charge in [-0.1, -0.05) is 56.3 Å². The molecule has 0 aliphatic carbocycles. The molecule has 3 aromatic rings. The van der Waals surface area contributed by atoms with Gasteiger partial charge in [0.1, 0.15) is 6.54 Å². The molecule has 5 amide bonds. The average Bonchev–Trinajstić information content (AvgIpc) is 3.01. The molecule has 1 heterocycles. The number of likely N-dealkylation sites (tertiary alicyclic amines) is 1. The van der Waals surface area contributed by atoms with Gasteiger partial charge in [-0.3, -0.25) is 14.4 Å². The monoisotopic (exact) mass is 615 g/mol. The Hall–Kier alpha value is -4.31. The number of aryl methyl sites for hydroxylation is 1.